The zero-order valence-corrected chi connectivity index (χ0v) is 25.1. The van der Waals surface area contributed by atoms with Crippen molar-refractivity contribution in [1.82, 2.24) is 14.3 Å². The Balaban J connectivity index is 1.22. The molecule has 5 fully saturated rings. The lowest BCUT2D eigenvalue weighted by molar-refractivity contribution is -0.152. The molecule has 0 bridgehead atoms. The number of urea groups is 1. The molecule has 0 spiro atoms. The smallest absolute Gasteiger partial charge is 0.329 e. The van der Waals surface area contributed by atoms with Crippen LogP contribution in [0.2, 0.25) is 0 Å². The second-order valence-electron chi connectivity index (χ2n) is 14.3. The van der Waals surface area contributed by atoms with E-state index in [9.17, 15) is 18.3 Å². The minimum Gasteiger partial charge on any atom is -0.393 e. The molecule has 5 aliphatic rings. The SMILES string of the molecule is CC[C@H]1C[C@@H]2[C@H](CC[C@]3(C)[C@@H]([C@H](C)CNC(=O)NS(=O)(=O)N4CCCCC4)CC[C@@H]23)[C@@]2(C)CC[C@@H](O)C[C@@H]12. The van der Waals surface area contributed by atoms with E-state index in [-0.39, 0.29) is 11.5 Å². The summed E-state index contributed by atoms with van der Waals surface area (Å²) in [5.41, 5.74) is 0.654. The summed E-state index contributed by atoms with van der Waals surface area (Å²) in [7, 11) is -3.77. The van der Waals surface area contributed by atoms with E-state index in [1.165, 1.54) is 49.3 Å². The number of aliphatic hydroxyl groups is 1. The molecule has 0 radical (unpaired) electrons. The molecule has 4 saturated carbocycles. The average molecular weight is 552 g/mol. The van der Waals surface area contributed by atoms with Gasteiger partial charge in [-0.05, 0) is 116 Å². The van der Waals surface area contributed by atoms with Crippen molar-refractivity contribution < 1.29 is 18.3 Å². The summed E-state index contributed by atoms with van der Waals surface area (Å²) in [5.74, 6) is 4.54. The van der Waals surface area contributed by atoms with Crippen LogP contribution in [-0.4, -0.2) is 49.6 Å². The zero-order chi connectivity index (χ0) is 27.3. The van der Waals surface area contributed by atoms with E-state index in [2.05, 4.69) is 37.7 Å². The van der Waals surface area contributed by atoms with Crippen molar-refractivity contribution in [3.8, 4) is 0 Å². The predicted octanol–water partition coefficient (Wildman–Crippen LogP) is 5.31. The number of carbonyl (C=O) groups is 1. The van der Waals surface area contributed by atoms with Crippen LogP contribution in [0.15, 0.2) is 0 Å². The van der Waals surface area contributed by atoms with E-state index in [0.717, 1.165) is 55.8 Å². The Labute approximate surface area is 231 Å². The number of nitrogens with zero attached hydrogens (tertiary/aromatic N) is 1. The predicted molar refractivity (Wildman–Crippen MR) is 150 cm³/mol. The highest BCUT2D eigenvalue weighted by Gasteiger charge is 2.62. The van der Waals surface area contributed by atoms with Crippen LogP contribution in [0.1, 0.15) is 105 Å². The van der Waals surface area contributed by atoms with Crippen molar-refractivity contribution in [3.63, 3.8) is 0 Å². The van der Waals surface area contributed by atoms with Crippen LogP contribution in [0.5, 0.6) is 0 Å². The number of fused-ring (bicyclic) bond motifs is 5. The van der Waals surface area contributed by atoms with Gasteiger partial charge in [0.25, 0.3) is 0 Å². The Hall–Kier alpha value is -0.860. The summed E-state index contributed by atoms with van der Waals surface area (Å²) in [6, 6.07) is -0.595. The zero-order valence-electron chi connectivity index (χ0n) is 24.3. The number of aliphatic hydroxyl groups excluding tert-OH is 1. The summed E-state index contributed by atoms with van der Waals surface area (Å²) in [6.07, 6.45) is 13.4. The first-order chi connectivity index (χ1) is 18.0. The summed E-state index contributed by atoms with van der Waals surface area (Å²) in [6.45, 7) is 11.2. The minimum absolute atomic E-state index is 0.108. The Morgan fingerprint density at radius 3 is 2.37 bits per heavy atom. The molecular formula is C30H53N3O4S. The molecule has 0 unspecified atom stereocenters. The van der Waals surface area contributed by atoms with Crippen LogP contribution in [0.25, 0.3) is 0 Å². The normalized spacial score (nSPS) is 44.4. The van der Waals surface area contributed by atoms with Gasteiger partial charge in [-0.15, -0.1) is 0 Å². The van der Waals surface area contributed by atoms with Gasteiger partial charge in [0.1, 0.15) is 0 Å². The third-order valence-electron chi connectivity index (χ3n) is 12.6. The lowest BCUT2D eigenvalue weighted by atomic mass is 9.42. The van der Waals surface area contributed by atoms with Crippen molar-refractivity contribution in [3.05, 3.63) is 0 Å². The Bertz CT molecular complexity index is 969. The van der Waals surface area contributed by atoms with Gasteiger partial charge in [0.05, 0.1) is 6.10 Å². The van der Waals surface area contributed by atoms with Gasteiger partial charge in [-0.3, -0.25) is 0 Å². The first kappa shape index (κ1) is 28.7. The molecule has 10 atom stereocenters. The Morgan fingerprint density at radius 1 is 0.974 bits per heavy atom. The van der Waals surface area contributed by atoms with E-state index in [4.69, 9.17) is 0 Å². The third-order valence-corrected chi connectivity index (χ3v) is 14.1. The van der Waals surface area contributed by atoms with E-state index in [0.29, 0.717) is 42.8 Å². The largest absolute Gasteiger partial charge is 0.393 e. The van der Waals surface area contributed by atoms with Crippen LogP contribution in [0, 0.1) is 52.3 Å². The molecule has 8 heteroatoms. The van der Waals surface area contributed by atoms with E-state index >= 15 is 0 Å². The van der Waals surface area contributed by atoms with Crippen molar-refractivity contribution >= 4 is 16.2 Å². The molecular weight excluding hydrogens is 498 g/mol. The molecule has 2 amide bonds. The molecule has 38 heavy (non-hydrogen) atoms. The van der Waals surface area contributed by atoms with Crippen LogP contribution in [0.3, 0.4) is 0 Å². The maximum atomic E-state index is 12.6. The fourth-order valence-electron chi connectivity index (χ4n) is 10.6. The number of rotatable bonds is 6. The first-order valence-electron chi connectivity index (χ1n) is 15.7. The van der Waals surface area contributed by atoms with Crippen molar-refractivity contribution in [2.24, 2.45) is 52.3 Å². The van der Waals surface area contributed by atoms with Gasteiger partial charge in [0.2, 0.25) is 0 Å². The maximum Gasteiger partial charge on any atom is 0.329 e. The van der Waals surface area contributed by atoms with Crippen molar-refractivity contribution in [2.75, 3.05) is 19.6 Å². The van der Waals surface area contributed by atoms with Crippen LogP contribution in [0.4, 0.5) is 4.79 Å². The molecule has 3 N–H and O–H groups in total. The molecule has 0 aromatic heterocycles. The van der Waals surface area contributed by atoms with Crippen LogP contribution >= 0.6 is 0 Å². The van der Waals surface area contributed by atoms with Gasteiger partial charge in [-0.1, -0.05) is 40.5 Å². The van der Waals surface area contributed by atoms with Crippen LogP contribution in [-0.2, 0) is 10.2 Å². The molecule has 1 aliphatic heterocycles. The second-order valence-corrected chi connectivity index (χ2v) is 16.0. The summed E-state index contributed by atoms with van der Waals surface area (Å²) in [4.78, 5) is 12.6. The lowest BCUT2D eigenvalue weighted by Gasteiger charge is -2.63. The quantitative estimate of drug-likeness (QED) is 0.417. The fraction of sp³-hybridized carbons (Fsp3) is 0.967. The highest BCUT2D eigenvalue weighted by molar-refractivity contribution is 7.87. The van der Waals surface area contributed by atoms with Crippen molar-refractivity contribution in [1.29, 1.82) is 0 Å². The summed E-state index contributed by atoms with van der Waals surface area (Å²) >= 11 is 0. The van der Waals surface area contributed by atoms with Gasteiger partial charge in [-0.25, -0.2) is 9.52 Å². The van der Waals surface area contributed by atoms with Gasteiger partial charge in [-0.2, -0.15) is 12.7 Å². The molecule has 1 heterocycles. The fourth-order valence-corrected chi connectivity index (χ4v) is 11.8. The number of nitrogens with one attached hydrogen (secondary N) is 2. The molecule has 0 aromatic carbocycles. The topological polar surface area (TPSA) is 98.7 Å². The van der Waals surface area contributed by atoms with Gasteiger partial charge in [0, 0.05) is 19.6 Å². The Kier molecular flexibility index (Phi) is 8.18. The first-order valence-corrected chi connectivity index (χ1v) is 17.2. The molecule has 218 valence electrons. The molecule has 7 nitrogen and oxygen atoms in total. The third kappa shape index (κ3) is 5.04. The van der Waals surface area contributed by atoms with Gasteiger partial charge < -0.3 is 10.4 Å². The minimum atomic E-state index is -3.77. The average Bonchev–Trinajstić information content (AvgIpc) is 3.25. The molecule has 4 aliphatic carbocycles. The van der Waals surface area contributed by atoms with Crippen molar-refractivity contribution in [2.45, 2.75) is 111 Å². The number of carbonyl (C=O) groups excluding carboxylic acids is 1. The van der Waals surface area contributed by atoms with Gasteiger partial charge >= 0.3 is 16.2 Å². The van der Waals surface area contributed by atoms with E-state index < -0.39 is 16.2 Å². The van der Waals surface area contributed by atoms with Gasteiger partial charge in [0.15, 0.2) is 0 Å². The summed E-state index contributed by atoms with van der Waals surface area (Å²) in [5, 5.41) is 13.4. The van der Waals surface area contributed by atoms with E-state index in [1.807, 2.05) is 0 Å². The Morgan fingerprint density at radius 2 is 1.66 bits per heavy atom. The lowest BCUT2D eigenvalue weighted by Crippen LogP contribution is -2.57. The van der Waals surface area contributed by atoms with Crippen LogP contribution < -0.4 is 10.0 Å². The summed E-state index contributed by atoms with van der Waals surface area (Å²) < 4.78 is 28.9. The number of amides is 2. The molecule has 1 saturated heterocycles. The number of piperidine rings is 1. The molecule has 5 rings (SSSR count). The second kappa shape index (κ2) is 10.8. The monoisotopic (exact) mass is 551 g/mol. The highest BCUT2D eigenvalue weighted by Crippen LogP contribution is 2.69. The highest BCUT2D eigenvalue weighted by atomic mass is 32.2. The number of hydrogen-bond donors (Lipinski definition) is 3. The van der Waals surface area contributed by atoms with E-state index in [1.54, 1.807) is 0 Å². The maximum absolute atomic E-state index is 12.6. The standard InChI is InChI=1S/C30H53N3O4S/c1-5-21-17-23-25-10-9-24(20(2)19-31-28(35)32-38(36,37)33-15-7-6-8-16-33)29(25,3)14-12-26(23)30(4)13-11-22(34)18-27(21)30/h20-27,34H,5-19H2,1-4H3,(H2,31,32,35)/t20-,21+,22-,23+,24-,25+,26+,27+,29-,30-/m1/s1. The molecule has 0 aromatic rings. The number of hydrogen-bond acceptors (Lipinski definition) is 4.